The Morgan fingerprint density at radius 1 is 1.28 bits per heavy atom. The molecule has 3 nitrogen and oxygen atoms in total. The van der Waals surface area contributed by atoms with E-state index in [-0.39, 0.29) is 11.5 Å². The second-order valence-electron chi connectivity index (χ2n) is 5.59. The van der Waals surface area contributed by atoms with Crippen molar-refractivity contribution in [3.05, 3.63) is 23.8 Å². The van der Waals surface area contributed by atoms with Crippen molar-refractivity contribution in [2.24, 2.45) is 5.73 Å². The first-order chi connectivity index (χ1) is 8.38. The Bertz CT molecular complexity index is 383. The minimum atomic E-state index is 0.0141. The van der Waals surface area contributed by atoms with E-state index in [0.29, 0.717) is 6.61 Å². The largest absolute Gasteiger partial charge is 0.497 e. The predicted octanol–water partition coefficient (Wildman–Crippen LogP) is 3.11. The van der Waals surface area contributed by atoms with Crippen LogP contribution in [0.25, 0.3) is 0 Å². The number of methoxy groups -OCH3 is 1. The van der Waals surface area contributed by atoms with E-state index in [1.807, 2.05) is 18.2 Å². The highest BCUT2D eigenvalue weighted by molar-refractivity contribution is 5.44. The van der Waals surface area contributed by atoms with Gasteiger partial charge in [-0.25, -0.2) is 0 Å². The van der Waals surface area contributed by atoms with Crippen molar-refractivity contribution in [1.29, 1.82) is 0 Å². The van der Waals surface area contributed by atoms with Gasteiger partial charge < -0.3 is 15.2 Å². The molecule has 3 heteroatoms. The van der Waals surface area contributed by atoms with E-state index in [1.165, 1.54) is 0 Å². The van der Waals surface area contributed by atoms with Crippen LogP contribution >= 0.6 is 0 Å². The molecule has 0 aliphatic rings. The quantitative estimate of drug-likeness (QED) is 0.874. The van der Waals surface area contributed by atoms with Crippen LogP contribution in [0.3, 0.4) is 0 Å². The highest BCUT2D eigenvalue weighted by atomic mass is 16.5. The summed E-state index contributed by atoms with van der Waals surface area (Å²) in [6, 6.07) is 6.00. The van der Waals surface area contributed by atoms with Gasteiger partial charge in [0.15, 0.2) is 0 Å². The third-order valence-electron chi connectivity index (χ3n) is 2.97. The van der Waals surface area contributed by atoms with Gasteiger partial charge in [0.2, 0.25) is 0 Å². The molecule has 2 N–H and O–H groups in total. The van der Waals surface area contributed by atoms with Crippen molar-refractivity contribution in [1.82, 2.24) is 0 Å². The van der Waals surface area contributed by atoms with Crippen LogP contribution in [-0.4, -0.2) is 19.8 Å². The first-order valence-corrected chi connectivity index (χ1v) is 6.45. The molecule has 1 atom stereocenters. The second-order valence-corrected chi connectivity index (χ2v) is 5.59. The van der Waals surface area contributed by atoms with E-state index in [9.17, 15) is 0 Å². The summed E-state index contributed by atoms with van der Waals surface area (Å²) in [5, 5.41) is 0. The number of hydrogen-bond donors (Lipinski definition) is 1. The van der Waals surface area contributed by atoms with Crippen LogP contribution in [0.1, 0.15) is 39.7 Å². The molecule has 0 amide bonds. The van der Waals surface area contributed by atoms with Crippen LogP contribution in [0.4, 0.5) is 0 Å². The van der Waals surface area contributed by atoms with Gasteiger partial charge in [0.05, 0.1) is 7.11 Å². The van der Waals surface area contributed by atoms with Crippen molar-refractivity contribution in [3.63, 3.8) is 0 Å². The lowest BCUT2D eigenvalue weighted by atomic mass is 9.86. The van der Waals surface area contributed by atoms with Crippen molar-refractivity contribution in [3.8, 4) is 11.5 Å². The van der Waals surface area contributed by atoms with Crippen LogP contribution in [0.15, 0.2) is 18.2 Å². The fraction of sp³-hybridized carbons (Fsp3) is 0.600. The topological polar surface area (TPSA) is 44.5 Å². The Balaban J connectivity index is 2.96. The molecule has 0 aliphatic carbocycles. The maximum absolute atomic E-state index is 5.89. The maximum atomic E-state index is 5.89. The van der Waals surface area contributed by atoms with Gasteiger partial charge in [0, 0.05) is 11.6 Å². The lowest BCUT2D eigenvalue weighted by molar-refractivity contribution is 0.278. The molecular weight excluding hydrogens is 226 g/mol. The first-order valence-electron chi connectivity index (χ1n) is 6.45. The van der Waals surface area contributed by atoms with Crippen LogP contribution in [-0.2, 0) is 5.41 Å². The Labute approximate surface area is 110 Å². The summed E-state index contributed by atoms with van der Waals surface area (Å²) in [6.45, 7) is 9.09. The Morgan fingerprint density at radius 2 is 1.94 bits per heavy atom. The van der Waals surface area contributed by atoms with Gasteiger partial charge in [0.1, 0.15) is 18.1 Å². The Kier molecular flexibility index (Phi) is 5.03. The van der Waals surface area contributed by atoms with Crippen LogP contribution in [0.2, 0.25) is 0 Å². The van der Waals surface area contributed by atoms with E-state index in [4.69, 9.17) is 15.2 Å². The molecule has 0 saturated heterocycles. The predicted molar refractivity (Wildman–Crippen MR) is 75.5 cm³/mol. The molecule has 0 heterocycles. The fourth-order valence-corrected chi connectivity index (χ4v) is 1.66. The van der Waals surface area contributed by atoms with E-state index < -0.39 is 0 Å². The number of rotatable bonds is 5. The molecule has 1 aromatic rings. The third-order valence-corrected chi connectivity index (χ3v) is 2.97. The summed E-state index contributed by atoms with van der Waals surface area (Å²) in [7, 11) is 1.68. The van der Waals surface area contributed by atoms with Gasteiger partial charge in [-0.1, -0.05) is 27.7 Å². The minimum Gasteiger partial charge on any atom is -0.497 e. The number of ether oxygens (including phenoxy) is 2. The molecule has 1 unspecified atom stereocenters. The van der Waals surface area contributed by atoms with Crippen LogP contribution < -0.4 is 15.2 Å². The molecule has 1 rings (SSSR count). The highest BCUT2D eigenvalue weighted by Gasteiger charge is 2.20. The van der Waals surface area contributed by atoms with Crippen LogP contribution in [0.5, 0.6) is 11.5 Å². The van der Waals surface area contributed by atoms with Gasteiger partial charge in [-0.2, -0.15) is 0 Å². The third kappa shape index (κ3) is 3.91. The zero-order valence-electron chi connectivity index (χ0n) is 12.1. The van der Waals surface area contributed by atoms with Gasteiger partial charge in [0.25, 0.3) is 0 Å². The molecular formula is C15H25NO2. The van der Waals surface area contributed by atoms with Crippen molar-refractivity contribution in [2.45, 2.75) is 45.6 Å². The lowest BCUT2D eigenvalue weighted by Gasteiger charge is -2.24. The lowest BCUT2D eigenvalue weighted by Crippen LogP contribution is -2.27. The molecule has 0 spiro atoms. The highest BCUT2D eigenvalue weighted by Crippen LogP contribution is 2.34. The molecule has 0 aromatic heterocycles. The molecule has 18 heavy (non-hydrogen) atoms. The SMILES string of the molecule is CCC(N)COc1ccc(OC)cc1C(C)(C)C. The Hall–Kier alpha value is -1.22. The van der Waals surface area contributed by atoms with Gasteiger partial charge in [-0.3, -0.25) is 0 Å². The van der Waals surface area contributed by atoms with Crippen LogP contribution in [0, 0.1) is 0 Å². The number of benzene rings is 1. The summed E-state index contributed by atoms with van der Waals surface area (Å²) in [5.74, 6) is 1.75. The second kappa shape index (κ2) is 6.10. The molecule has 102 valence electrons. The first kappa shape index (κ1) is 14.8. The standard InChI is InChI=1S/C15H25NO2/c1-6-11(16)10-18-14-8-7-12(17-5)9-13(14)15(2,3)4/h7-9,11H,6,10,16H2,1-5H3. The molecule has 0 bridgehead atoms. The van der Waals surface area contributed by atoms with Crippen molar-refractivity contribution in [2.75, 3.05) is 13.7 Å². The van der Waals surface area contributed by atoms with E-state index >= 15 is 0 Å². The summed E-state index contributed by atoms with van der Waals surface area (Å²) >= 11 is 0. The van der Waals surface area contributed by atoms with Gasteiger partial charge >= 0.3 is 0 Å². The fourth-order valence-electron chi connectivity index (χ4n) is 1.66. The zero-order valence-corrected chi connectivity index (χ0v) is 12.1. The smallest absolute Gasteiger partial charge is 0.123 e. The van der Waals surface area contributed by atoms with Gasteiger partial charge in [-0.05, 0) is 30.0 Å². The summed E-state index contributed by atoms with van der Waals surface area (Å²) in [4.78, 5) is 0. The molecule has 0 radical (unpaired) electrons. The number of hydrogen-bond acceptors (Lipinski definition) is 3. The van der Waals surface area contributed by atoms with E-state index in [0.717, 1.165) is 23.5 Å². The van der Waals surface area contributed by atoms with Crippen molar-refractivity contribution < 1.29 is 9.47 Å². The van der Waals surface area contributed by atoms with Crippen molar-refractivity contribution >= 4 is 0 Å². The molecule has 0 saturated carbocycles. The Morgan fingerprint density at radius 3 is 2.44 bits per heavy atom. The average molecular weight is 251 g/mol. The molecule has 0 fully saturated rings. The molecule has 0 aliphatic heterocycles. The maximum Gasteiger partial charge on any atom is 0.123 e. The van der Waals surface area contributed by atoms with E-state index in [2.05, 4.69) is 27.7 Å². The summed E-state index contributed by atoms with van der Waals surface area (Å²) < 4.78 is 11.1. The minimum absolute atomic E-state index is 0.0141. The number of nitrogens with two attached hydrogens (primary N) is 1. The van der Waals surface area contributed by atoms with E-state index in [1.54, 1.807) is 7.11 Å². The average Bonchev–Trinajstić information content (AvgIpc) is 2.34. The van der Waals surface area contributed by atoms with Gasteiger partial charge in [-0.15, -0.1) is 0 Å². The summed E-state index contributed by atoms with van der Waals surface area (Å²) in [5.41, 5.74) is 7.04. The molecule has 1 aromatic carbocycles. The summed E-state index contributed by atoms with van der Waals surface area (Å²) in [6.07, 6.45) is 0.918. The monoisotopic (exact) mass is 251 g/mol. The zero-order chi connectivity index (χ0) is 13.8. The normalized spacial score (nSPS) is 13.2.